The molecule has 178 valence electrons. The molecular weight excluding hydrogens is 465 g/mol. The van der Waals surface area contributed by atoms with Crippen molar-refractivity contribution >= 4 is 0 Å². The van der Waals surface area contributed by atoms with E-state index in [1.807, 2.05) is 0 Å². The molecule has 4 aromatic rings. The lowest BCUT2D eigenvalue weighted by molar-refractivity contribution is -0.274. The molecule has 4 rings (SSSR count). The number of hydrogen-bond acceptors (Lipinski definition) is 7. The molecule has 0 saturated carbocycles. The minimum Gasteiger partial charge on any atom is -0.406 e. The summed E-state index contributed by atoms with van der Waals surface area (Å²) < 4.78 is 75.6. The molecule has 13 heteroatoms. The van der Waals surface area contributed by atoms with Gasteiger partial charge >= 0.3 is 6.36 Å². The smallest absolute Gasteiger partial charge is 0.406 e. The van der Waals surface area contributed by atoms with Crippen LogP contribution in [-0.4, -0.2) is 36.8 Å². The molecule has 0 spiro atoms. The average Bonchev–Trinajstić information content (AvgIpc) is 3.44. The van der Waals surface area contributed by atoms with E-state index in [2.05, 4.69) is 25.4 Å². The molecular formula is C21H16F5N5O3. The van der Waals surface area contributed by atoms with Crippen LogP contribution in [0.15, 0.2) is 59.4 Å². The highest BCUT2D eigenvalue weighted by Crippen LogP contribution is 2.40. The Morgan fingerprint density at radius 3 is 2.44 bits per heavy atom. The first-order valence-electron chi connectivity index (χ1n) is 9.76. The molecule has 0 aliphatic rings. The zero-order valence-corrected chi connectivity index (χ0v) is 17.4. The molecule has 0 bridgehead atoms. The number of halogens is 5. The summed E-state index contributed by atoms with van der Waals surface area (Å²) in [7, 11) is 0. The van der Waals surface area contributed by atoms with Gasteiger partial charge in [0.05, 0.1) is 12.5 Å². The standard InChI is InChI=1S/C21H16F5N5O3/c1-12(19-9-18(28-34-19)13-2-5-15(6-3-13)33-21(24,25)26)20(32,10-31-11-27-29-30-31)16-7-4-14(22)8-17(16)23/h2-9,11-12,32H,10H2,1H3/t12-,20+/m0/s1. The Kier molecular flexibility index (Phi) is 6.04. The lowest BCUT2D eigenvalue weighted by atomic mass is 9.80. The molecule has 34 heavy (non-hydrogen) atoms. The second-order valence-electron chi connectivity index (χ2n) is 7.46. The molecule has 8 nitrogen and oxygen atoms in total. The SMILES string of the molecule is C[C@@H](c1cc(-c2ccc(OC(F)(F)F)cc2)no1)[C@](O)(Cn1cnnn1)c1ccc(F)cc1F. The first-order chi connectivity index (χ1) is 16.0. The van der Waals surface area contributed by atoms with Gasteiger partial charge in [-0.15, -0.1) is 18.3 Å². The Morgan fingerprint density at radius 2 is 1.82 bits per heavy atom. The van der Waals surface area contributed by atoms with Crippen molar-refractivity contribution in [2.75, 3.05) is 0 Å². The number of hydrogen-bond donors (Lipinski definition) is 1. The number of alkyl halides is 3. The number of tetrazole rings is 1. The fraction of sp³-hybridized carbons (Fsp3) is 0.238. The van der Waals surface area contributed by atoms with Crippen LogP contribution < -0.4 is 4.74 Å². The van der Waals surface area contributed by atoms with Gasteiger partial charge in [-0.1, -0.05) is 18.1 Å². The lowest BCUT2D eigenvalue weighted by Gasteiger charge is -2.33. The number of ether oxygens (including phenoxy) is 1. The zero-order valence-electron chi connectivity index (χ0n) is 17.4. The highest BCUT2D eigenvalue weighted by molar-refractivity contribution is 5.60. The van der Waals surface area contributed by atoms with Crippen molar-refractivity contribution in [3.05, 3.63) is 77.8 Å². The molecule has 0 amide bonds. The van der Waals surface area contributed by atoms with Crippen molar-refractivity contribution in [3.63, 3.8) is 0 Å². The van der Waals surface area contributed by atoms with Crippen LogP contribution in [0, 0.1) is 11.6 Å². The number of aliphatic hydroxyl groups is 1. The molecule has 0 aliphatic heterocycles. The molecule has 1 N–H and O–H groups in total. The average molecular weight is 481 g/mol. The third-order valence-corrected chi connectivity index (χ3v) is 5.25. The van der Waals surface area contributed by atoms with Crippen LogP contribution in [0.3, 0.4) is 0 Å². The second-order valence-corrected chi connectivity index (χ2v) is 7.46. The van der Waals surface area contributed by atoms with E-state index in [9.17, 15) is 27.1 Å². The van der Waals surface area contributed by atoms with Crippen LogP contribution in [0.25, 0.3) is 11.3 Å². The first kappa shape index (κ1) is 23.3. The summed E-state index contributed by atoms with van der Waals surface area (Å²) in [5, 5.41) is 26.2. The normalized spacial score (nSPS) is 14.6. The van der Waals surface area contributed by atoms with Gasteiger partial charge in [-0.25, -0.2) is 13.5 Å². The summed E-state index contributed by atoms with van der Waals surface area (Å²) in [6.45, 7) is 1.24. The summed E-state index contributed by atoms with van der Waals surface area (Å²) in [5.74, 6) is -3.02. The van der Waals surface area contributed by atoms with Crippen molar-refractivity contribution in [1.29, 1.82) is 0 Å². The predicted molar refractivity (Wildman–Crippen MR) is 105 cm³/mol. The molecule has 0 saturated heterocycles. The summed E-state index contributed by atoms with van der Waals surface area (Å²) in [6, 6.07) is 9.14. The van der Waals surface area contributed by atoms with Gasteiger partial charge < -0.3 is 14.4 Å². The van der Waals surface area contributed by atoms with Crippen molar-refractivity contribution in [2.24, 2.45) is 0 Å². The van der Waals surface area contributed by atoms with E-state index in [0.29, 0.717) is 11.6 Å². The molecule has 0 fully saturated rings. The highest BCUT2D eigenvalue weighted by atomic mass is 19.4. The van der Waals surface area contributed by atoms with E-state index >= 15 is 0 Å². The maximum absolute atomic E-state index is 14.7. The fourth-order valence-electron chi connectivity index (χ4n) is 3.49. The second kappa shape index (κ2) is 8.82. The highest BCUT2D eigenvalue weighted by Gasteiger charge is 2.42. The van der Waals surface area contributed by atoms with Crippen molar-refractivity contribution in [3.8, 4) is 17.0 Å². The minimum absolute atomic E-state index is 0.130. The Morgan fingerprint density at radius 1 is 1.09 bits per heavy atom. The fourth-order valence-corrected chi connectivity index (χ4v) is 3.49. The van der Waals surface area contributed by atoms with Crippen molar-refractivity contribution < 1.29 is 36.3 Å². The zero-order chi connectivity index (χ0) is 24.5. The van der Waals surface area contributed by atoms with Gasteiger partial charge in [0.1, 0.15) is 40.8 Å². The molecule has 2 aromatic carbocycles. The molecule has 2 heterocycles. The maximum Gasteiger partial charge on any atom is 0.573 e. The largest absolute Gasteiger partial charge is 0.573 e. The van der Waals surface area contributed by atoms with Crippen molar-refractivity contribution in [2.45, 2.75) is 31.3 Å². The van der Waals surface area contributed by atoms with Gasteiger partial charge in [0.25, 0.3) is 0 Å². The summed E-state index contributed by atoms with van der Waals surface area (Å²) >= 11 is 0. The van der Waals surface area contributed by atoms with E-state index < -0.39 is 35.3 Å². The number of nitrogens with zero attached hydrogens (tertiary/aromatic N) is 5. The van der Waals surface area contributed by atoms with Crippen LogP contribution in [0.4, 0.5) is 22.0 Å². The number of aromatic nitrogens is 5. The van der Waals surface area contributed by atoms with Crippen LogP contribution >= 0.6 is 0 Å². The maximum atomic E-state index is 14.7. The third-order valence-electron chi connectivity index (χ3n) is 5.25. The van der Waals surface area contributed by atoms with E-state index in [-0.39, 0.29) is 23.6 Å². The van der Waals surface area contributed by atoms with Crippen LogP contribution in [-0.2, 0) is 12.1 Å². The quantitative estimate of drug-likeness (QED) is 0.395. The van der Waals surface area contributed by atoms with Gasteiger partial charge in [-0.2, -0.15) is 0 Å². The van der Waals surface area contributed by atoms with Gasteiger partial charge in [0.15, 0.2) is 0 Å². The Bertz CT molecular complexity index is 1260. The minimum atomic E-state index is -4.82. The van der Waals surface area contributed by atoms with Crippen LogP contribution in [0.2, 0.25) is 0 Å². The lowest BCUT2D eigenvalue weighted by Crippen LogP contribution is -2.38. The molecule has 2 aromatic heterocycles. The monoisotopic (exact) mass is 481 g/mol. The summed E-state index contributed by atoms with van der Waals surface area (Å²) in [4.78, 5) is 0. The molecule has 0 radical (unpaired) electrons. The Hall–Kier alpha value is -3.87. The Labute approximate surface area is 188 Å². The van der Waals surface area contributed by atoms with Crippen LogP contribution in [0.1, 0.15) is 24.2 Å². The van der Waals surface area contributed by atoms with Gasteiger partial charge in [0.2, 0.25) is 0 Å². The summed E-state index contributed by atoms with van der Waals surface area (Å²) in [5.41, 5.74) is -1.55. The third kappa shape index (κ3) is 4.88. The van der Waals surface area contributed by atoms with Gasteiger partial charge in [-0.05, 0) is 40.8 Å². The summed E-state index contributed by atoms with van der Waals surface area (Å²) in [6.07, 6.45) is -3.60. The van der Waals surface area contributed by atoms with Crippen molar-refractivity contribution in [1.82, 2.24) is 25.4 Å². The molecule has 2 atom stereocenters. The van der Waals surface area contributed by atoms with Crippen LogP contribution in [0.5, 0.6) is 5.75 Å². The number of benzene rings is 2. The number of rotatable bonds is 7. The first-order valence-corrected chi connectivity index (χ1v) is 9.76. The Balaban J connectivity index is 1.66. The topological polar surface area (TPSA) is 99.1 Å². The van der Waals surface area contributed by atoms with E-state index in [0.717, 1.165) is 24.3 Å². The van der Waals surface area contributed by atoms with Gasteiger partial charge in [0, 0.05) is 23.3 Å². The van der Waals surface area contributed by atoms with E-state index in [1.54, 1.807) is 0 Å². The van der Waals surface area contributed by atoms with Gasteiger partial charge in [-0.3, -0.25) is 0 Å². The van der Waals surface area contributed by atoms with E-state index in [4.69, 9.17) is 4.52 Å². The van der Waals surface area contributed by atoms with E-state index in [1.165, 1.54) is 36.1 Å². The molecule has 0 unspecified atom stereocenters. The molecule has 0 aliphatic carbocycles. The predicted octanol–water partition coefficient (Wildman–Crippen LogP) is 4.20.